The van der Waals surface area contributed by atoms with Crippen molar-refractivity contribution in [3.63, 3.8) is 0 Å². The molecule has 4 heteroatoms. The van der Waals surface area contributed by atoms with E-state index in [0.29, 0.717) is 6.42 Å². The van der Waals surface area contributed by atoms with Gasteiger partial charge in [0, 0.05) is 6.54 Å². The van der Waals surface area contributed by atoms with Crippen LogP contribution in [0.4, 0.5) is 0 Å². The number of aliphatic hydroxyl groups excluding tert-OH is 1. The van der Waals surface area contributed by atoms with E-state index >= 15 is 0 Å². The third kappa shape index (κ3) is 5.31. The van der Waals surface area contributed by atoms with Gasteiger partial charge in [-0.05, 0) is 17.9 Å². The summed E-state index contributed by atoms with van der Waals surface area (Å²) in [4.78, 5) is 11.9. The van der Waals surface area contributed by atoms with Crippen molar-refractivity contribution in [2.75, 3.05) is 6.54 Å². The summed E-state index contributed by atoms with van der Waals surface area (Å²) in [6.45, 7) is 4.36. The summed E-state index contributed by atoms with van der Waals surface area (Å²) in [5, 5.41) is 12.7. The quantitative estimate of drug-likeness (QED) is 0.674. The van der Waals surface area contributed by atoms with E-state index in [9.17, 15) is 9.90 Å². The van der Waals surface area contributed by atoms with Crippen molar-refractivity contribution in [1.82, 2.24) is 5.32 Å². The first kappa shape index (κ1) is 16.7. The lowest BCUT2D eigenvalue weighted by molar-refractivity contribution is -0.123. The number of benzene rings is 1. The van der Waals surface area contributed by atoms with Gasteiger partial charge in [0.25, 0.3) is 0 Å². The molecule has 0 aliphatic heterocycles. The summed E-state index contributed by atoms with van der Waals surface area (Å²) in [7, 11) is 0. The molecule has 0 radical (unpaired) electrons. The van der Waals surface area contributed by atoms with Gasteiger partial charge in [-0.3, -0.25) is 4.79 Å². The fourth-order valence-electron chi connectivity index (χ4n) is 2.30. The van der Waals surface area contributed by atoms with Crippen LogP contribution in [-0.2, 0) is 11.2 Å². The molecule has 1 aromatic rings. The Bertz CT molecular complexity index is 391. The topological polar surface area (TPSA) is 75.3 Å². The highest BCUT2D eigenvalue weighted by atomic mass is 16.3. The van der Waals surface area contributed by atoms with E-state index in [2.05, 4.69) is 5.32 Å². The first-order valence-corrected chi connectivity index (χ1v) is 7.33. The first-order chi connectivity index (χ1) is 9.58. The maximum atomic E-state index is 11.9. The standard InChI is InChI=1S/C16H26N2O2/c1-3-13(4-2)15(19)11-18-16(20)14(17)10-12-8-6-5-7-9-12/h5-9,13-15,19H,3-4,10-11,17H2,1-2H3,(H,18,20). The van der Waals surface area contributed by atoms with Crippen LogP contribution in [-0.4, -0.2) is 29.7 Å². The van der Waals surface area contributed by atoms with Crippen LogP contribution < -0.4 is 11.1 Å². The number of rotatable bonds is 8. The Labute approximate surface area is 121 Å². The number of hydrogen-bond donors (Lipinski definition) is 3. The second-order valence-electron chi connectivity index (χ2n) is 5.19. The molecule has 1 rings (SSSR count). The molecule has 4 N–H and O–H groups in total. The average molecular weight is 278 g/mol. The maximum absolute atomic E-state index is 11.9. The highest BCUT2D eigenvalue weighted by Gasteiger charge is 2.19. The van der Waals surface area contributed by atoms with Crippen LogP contribution in [0.2, 0.25) is 0 Å². The van der Waals surface area contributed by atoms with Gasteiger partial charge in [0.2, 0.25) is 5.91 Å². The van der Waals surface area contributed by atoms with E-state index in [1.165, 1.54) is 0 Å². The van der Waals surface area contributed by atoms with E-state index < -0.39 is 12.1 Å². The SMILES string of the molecule is CCC(CC)C(O)CNC(=O)C(N)Cc1ccccc1. The van der Waals surface area contributed by atoms with Crippen LogP contribution in [0.15, 0.2) is 30.3 Å². The Hall–Kier alpha value is -1.39. The summed E-state index contributed by atoms with van der Waals surface area (Å²) in [5.41, 5.74) is 6.92. The Morgan fingerprint density at radius 1 is 1.25 bits per heavy atom. The second kappa shape index (κ2) is 8.72. The lowest BCUT2D eigenvalue weighted by Crippen LogP contribution is -2.45. The van der Waals surface area contributed by atoms with E-state index in [1.54, 1.807) is 0 Å². The summed E-state index contributed by atoms with van der Waals surface area (Å²) in [6, 6.07) is 9.11. The van der Waals surface area contributed by atoms with Gasteiger partial charge in [-0.25, -0.2) is 0 Å². The van der Waals surface area contributed by atoms with Crippen molar-refractivity contribution in [2.45, 2.75) is 45.3 Å². The Kier molecular flexibility index (Phi) is 7.26. The Morgan fingerprint density at radius 3 is 2.40 bits per heavy atom. The summed E-state index contributed by atoms with van der Waals surface area (Å²) < 4.78 is 0. The zero-order chi connectivity index (χ0) is 15.0. The van der Waals surface area contributed by atoms with E-state index in [4.69, 9.17) is 5.73 Å². The maximum Gasteiger partial charge on any atom is 0.237 e. The lowest BCUT2D eigenvalue weighted by Gasteiger charge is -2.21. The molecule has 2 atom stereocenters. The molecule has 112 valence electrons. The van der Waals surface area contributed by atoms with Crippen molar-refractivity contribution < 1.29 is 9.90 Å². The number of nitrogens with one attached hydrogen (secondary N) is 1. The van der Waals surface area contributed by atoms with Gasteiger partial charge in [0.1, 0.15) is 0 Å². The molecule has 0 saturated heterocycles. The van der Waals surface area contributed by atoms with E-state index in [0.717, 1.165) is 18.4 Å². The minimum Gasteiger partial charge on any atom is -0.391 e. The molecule has 0 bridgehead atoms. The van der Waals surface area contributed by atoms with Gasteiger partial charge in [-0.15, -0.1) is 0 Å². The molecule has 0 spiro atoms. The molecular formula is C16H26N2O2. The predicted octanol–water partition coefficient (Wildman–Crippen LogP) is 1.47. The van der Waals surface area contributed by atoms with Crippen molar-refractivity contribution >= 4 is 5.91 Å². The van der Waals surface area contributed by atoms with Gasteiger partial charge in [0.05, 0.1) is 12.1 Å². The minimum absolute atomic E-state index is 0.209. The normalized spacial score (nSPS) is 14.1. The average Bonchev–Trinajstić information content (AvgIpc) is 2.47. The zero-order valence-electron chi connectivity index (χ0n) is 12.4. The third-order valence-electron chi connectivity index (χ3n) is 3.71. The molecule has 2 unspecified atom stereocenters. The van der Waals surface area contributed by atoms with Gasteiger partial charge in [-0.1, -0.05) is 57.0 Å². The van der Waals surface area contributed by atoms with Crippen LogP contribution in [0.3, 0.4) is 0 Å². The summed E-state index contributed by atoms with van der Waals surface area (Å²) in [5.74, 6) is 0.0134. The van der Waals surface area contributed by atoms with Gasteiger partial charge >= 0.3 is 0 Å². The lowest BCUT2D eigenvalue weighted by atomic mass is 9.96. The molecule has 1 aromatic carbocycles. The fraction of sp³-hybridized carbons (Fsp3) is 0.562. The fourth-order valence-corrected chi connectivity index (χ4v) is 2.30. The predicted molar refractivity (Wildman–Crippen MR) is 81.2 cm³/mol. The van der Waals surface area contributed by atoms with Crippen LogP contribution in [0.25, 0.3) is 0 Å². The molecular weight excluding hydrogens is 252 g/mol. The molecule has 0 aliphatic carbocycles. The third-order valence-corrected chi connectivity index (χ3v) is 3.71. The molecule has 0 heterocycles. The van der Waals surface area contributed by atoms with Crippen molar-refractivity contribution in [3.05, 3.63) is 35.9 Å². The van der Waals surface area contributed by atoms with Crippen LogP contribution in [0, 0.1) is 5.92 Å². The largest absolute Gasteiger partial charge is 0.391 e. The monoisotopic (exact) mass is 278 g/mol. The van der Waals surface area contributed by atoms with Gasteiger partial charge in [-0.2, -0.15) is 0 Å². The van der Waals surface area contributed by atoms with E-state index in [1.807, 2.05) is 44.2 Å². The van der Waals surface area contributed by atoms with Crippen molar-refractivity contribution in [3.8, 4) is 0 Å². The highest BCUT2D eigenvalue weighted by molar-refractivity contribution is 5.81. The van der Waals surface area contributed by atoms with Crippen molar-refractivity contribution in [1.29, 1.82) is 0 Å². The zero-order valence-corrected chi connectivity index (χ0v) is 12.4. The summed E-state index contributed by atoms with van der Waals surface area (Å²) >= 11 is 0. The minimum atomic E-state index is -0.577. The molecule has 1 amide bonds. The van der Waals surface area contributed by atoms with Gasteiger partial charge < -0.3 is 16.2 Å². The summed E-state index contributed by atoms with van der Waals surface area (Å²) in [6.07, 6.45) is 1.82. The highest BCUT2D eigenvalue weighted by Crippen LogP contribution is 2.12. The molecule has 20 heavy (non-hydrogen) atoms. The Balaban J connectivity index is 2.38. The number of carbonyl (C=O) groups is 1. The van der Waals surface area contributed by atoms with Crippen LogP contribution in [0.5, 0.6) is 0 Å². The van der Waals surface area contributed by atoms with Crippen LogP contribution in [0.1, 0.15) is 32.3 Å². The number of amides is 1. The van der Waals surface area contributed by atoms with E-state index in [-0.39, 0.29) is 18.4 Å². The molecule has 0 aromatic heterocycles. The number of carbonyl (C=O) groups excluding carboxylic acids is 1. The molecule has 0 aliphatic rings. The molecule has 0 fully saturated rings. The number of aliphatic hydroxyl groups is 1. The number of hydrogen-bond acceptors (Lipinski definition) is 3. The molecule has 0 saturated carbocycles. The smallest absolute Gasteiger partial charge is 0.237 e. The van der Waals surface area contributed by atoms with Gasteiger partial charge in [0.15, 0.2) is 0 Å². The number of nitrogens with two attached hydrogens (primary N) is 1. The molecule has 4 nitrogen and oxygen atoms in total. The Morgan fingerprint density at radius 2 is 1.85 bits per heavy atom. The first-order valence-electron chi connectivity index (χ1n) is 7.33. The van der Waals surface area contributed by atoms with Crippen molar-refractivity contribution in [2.24, 2.45) is 11.7 Å². The van der Waals surface area contributed by atoms with Crippen LogP contribution >= 0.6 is 0 Å². The second-order valence-corrected chi connectivity index (χ2v) is 5.19.